The second-order valence-corrected chi connectivity index (χ2v) is 5.68. The van der Waals surface area contributed by atoms with Crippen LogP contribution in [-0.4, -0.2) is 23.0 Å². The van der Waals surface area contributed by atoms with Crippen molar-refractivity contribution in [2.45, 2.75) is 38.7 Å². The zero-order chi connectivity index (χ0) is 13.8. The minimum absolute atomic E-state index is 0.271. The number of ether oxygens (including phenoxy) is 1. The van der Waals surface area contributed by atoms with Gasteiger partial charge in [0.05, 0.1) is 6.42 Å². The second-order valence-electron chi connectivity index (χ2n) is 5.68. The van der Waals surface area contributed by atoms with Gasteiger partial charge in [0.15, 0.2) is 5.78 Å². The lowest BCUT2D eigenvalue weighted by Crippen LogP contribution is -2.35. The monoisotopic (exact) mass is 258 g/mol. The molecule has 0 aromatic heterocycles. The molecule has 0 N–H and O–H groups in total. The predicted octanol–water partition coefficient (Wildman–Crippen LogP) is 2.13. The van der Waals surface area contributed by atoms with Gasteiger partial charge in [-0.3, -0.25) is 14.4 Å². The first kappa shape index (κ1) is 12.1. The molecule has 1 heterocycles. The van der Waals surface area contributed by atoms with E-state index in [0.29, 0.717) is 23.3 Å². The fourth-order valence-electron chi connectivity index (χ4n) is 2.70. The summed E-state index contributed by atoms with van der Waals surface area (Å²) in [5, 5.41) is 0. The summed E-state index contributed by atoms with van der Waals surface area (Å²) in [6.45, 7) is 3.96. The van der Waals surface area contributed by atoms with Crippen LogP contribution in [-0.2, 0) is 11.2 Å². The summed E-state index contributed by atoms with van der Waals surface area (Å²) in [7, 11) is 0. The molecular weight excluding hydrogens is 244 g/mol. The number of hydrogen-bond acceptors (Lipinski definition) is 4. The lowest BCUT2D eigenvalue weighted by Gasteiger charge is -2.34. The van der Waals surface area contributed by atoms with Crippen molar-refractivity contribution in [1.29, 1.82) is 0 Å². The molecule has 0 amide bonds. The highest BCUT2D eigenvalue weighted by molar-refractivity contribution is 6.51. The number of benzene rings is 1. The molecule has 0 spiro atoms. The van der Waals surface area contributed by atoms with Crippen LogP contribution in [0.3, 0.4) is 0 Å². The van der Waals surface area contributed by atoms with Crippen LogP contribution in [0.4, 0.5) is 0 Å². The Morgan fingerprint density at radius 1 is 1.11 bits per heavy atom. The van der Waals surface area contributed by atoms with Crippen molar-refractivity contribution in [2.75, 3.05) is 0 Å². The van der Waals surface area contributed by atoms with Crippen LogP contribution in [0.1, 0.15) is 53.0 Å². The average molecular weight is 258 g/mol. The van der Waals surface area contributed by atoms with Crippen molar-refractivity contribution in [3.05, 3.63) is 28.8 Å². The normalized spacial score (nSPS) is 20.6. The van der Waals surface area contributed by atoms with Gasteiger partial charge in [0.25, 0.3) is 0 Å². The second kappa shape index (κ2) is 3.76. The van der Waals surface area contributed by atoms with Gasteiger partial charge in [-0.25, -0.2) is 0 Å². The van der Waals surface area contributed by atoms with Gasteiger partial charge in [-0.15, -0.1) is 0 Å². The van der Waals surface area contributed by atoms with Crippen LogP contribution in [0.2, 0.25) is 0 Å². The molecule has 0 radical (unpaired) electrons. The van der Waals surface area contributed by atoms with Gasteiger partial charge < -0.3 is 4.74 Å². The van der Waals surface area contributed by atoms with Crippen LogP contribution >= 0.6 is 0 Å². The van der Waals surface area contributed by atoms with Crippen LogP contribution in [0.25, 0.3) is 0 Å². The molecule has 4 heteroatoms. The van der Waals surface area contributed by atoms with E-state index in [1.165, 1.54) is 0 Å². The van der Waals surface area contributed by atoms with Crippen LogP contribution < -0.4 is 4.74 Å². The molecule has 0 fully saturated rings. The Bertz CT molecular complexity index is 625. The summed E-state index contributed by atoms with van der Waals surface area (Å²) in [4.78, 5) is 35.4. The standard InChI is InChI=1S/C15H14O4/c1-15(2)6-5-9-12(19-15)4-3-8-10(16)7-11(17)14(18)13(8)9/h3-4H,5-7H2,1-2H3. The minimum Gasteiger partial charge on any atom is -0.488 e. The number of carbonyl (C=O) groups excluding carboxylic acids is 3. The maximum atomic E-state index is 12.0. The fourth-order valence-corrected chi connectivity index (χ4v) is 2.70. The molecule has 1 aromatic rings. The van der Waals surface area contributed by atoms with Crippen molar-refractivity contribution >= 4 is 17.3 Å². The predicted molar refractivity (Wildman–Crippen MR) is 67.8 cm³/mol. The molecule has 98 valence electrons. The molecule has 19 heavy (non-hydrogen) atoms. The molecule has 0 saturated carbocycles. The van der Waals surface area contributed by atoms with E-state index in [9.17, 15) is 14.4 Å². The Hall–Kier alpha value is -1.97. The first-order valence-electron chi connectivity index (χ1n) is 6.35. The van der Waals surface area contributed by atoms with E-state index >= 15 is 0 Å². The van der Waals surface area contributed by atoms with Gasteiger partial charge in [0.1, 0.15) is 11.4 Å². The highest BCUT2D eigenvalue weighted by atomic mass is 16.5. The maximum Gasteiger partial charge on any atom is 0.230 e. The van der Waals surface area contributed by atoms with Crippen molar-refractivity contribution in [2.24, 2.45) is 0 Å². The van der Waals surface area contributed by atoms with Gasteiger partial charge in [-0.2, -0.15) is 0 Å². The number of rotatable bonds is 0. The molecule has 4 nitrogen and oxygen atoms in total. The minimum atomic E-state index is -0.615. The topological polar surface area (TPSA) is 60.4 Å². The van der Waals surface area contributed by atoms with Crippen LogP contribution in [0.5, 0.6) is 5.75 Å². The summed E-state index contributed by atoms with van der Waals surface area (Å²) in [6, 6.07) is 3.33. The first-order valence-corrected chi connectivity index (χ1v) is 6.35. The molecule has 2 aliphatic rings. The number of carbonyl (C=O) groups is 3. The van der Waals surface area contributed by atoms with Crippen LogP contribution in [0.15, 0.2) is 12.1 Å². The summed E-state index contributed by atoms with van der Waals surface area (Å²) in [5.41, 5.74) is 1.07. The Morgan fingerprint density at radius 2 is 1.84 bits per heavy atom. The van der Waals surface area contributed by atoms with E-state index in [2.05, 4.69) is 0 Å². The maximum absolute atomic E-state index is 12.0. The number of hydrogen-bond donors (Lipinski definition) is 0. The van der Waals surface area contributed by atoms with E-state index in [1.807, 2.05) is 13.8 Å². The molecule has 0 bridgehead atoms. The van der Waals surface area contributed by atoms with Gasteiger partial charge >= 0.3 is 0 Å². The zero-order valence-electron chi connectivity index (χ0n) is 10.9. The fraction of sp³-hybridized carbons (Fsp3) is 0.400. The average Bonchev–Trinajstić information content (AvgIpc) is 2.33. The van der Waals surface area contributed by atoms with Gasteiger partial charge in [0.2, 0.25) is 11.6 Å². The van der Waals surface area contributed by atoms with E-state index in [4.69, 9.17) is 4.74 Å². The zero-order valence-corrected chi connectivity index (χ0v) is 10.9. The van der Waals surface area contributed by atoms with E-state index < -0.39 is 11.6 Å². The number of ketones is 3. The third-order valence-corrected chi connectivity index (χ3v) is 3.74. The quantitative estimate of drug-likeness (QED) is 0.528. The number of Topliss-reactive ketones (excluding diaryl/α,β-unsaturated/α-hetero) is 3. The molecule has 1 aliphatic heterocycles. The first-order chi connectivity index (χ1) is 8.89. The molecule has 0 saturated heterocycles. The lowest BCUT2D eigenvalue weighted by atomic mass is 9.82. The summed E-state index contributed by atoms with van der Waals surface area (Å²) in [6.07, 6.45) is 1.10. The van der Waals surface area contributed by atoms with Crippen molar-refractivity contribution in [1.82, 2.24) is 0 Å². The molecule has 0 unspecified atom stereocenters. The largest absolute Gasteiger partial charge is 0.488 e. The smallest absolute Gasteiger partial charge is 0.230 e. The Labute approximate surface area is 110 Å². The third kappa shape index (κ3) is 1.79. The van der Waals surface area contributed by atoms with Crippen LogP contribution in [0, 0.1) is 0 Å². The highest BCUT2D eigenvalue weighted by Crippen LogP contribution is 2.38. The Balaban J connectivity index is 2.21. The molecule has 1 aliphatic carbocycles. The summed E-state index contributed by atoms with van der Waals surface area (Å²) in [5.74, 6) is -0.816. The van der Waals surface area contributed by atoms with E-state index in [0.717, 1.165) is 6.42 Å². The van der Waals surface area contributed by atoms with Gasteiger partial charge in [-0.1, -0.05) is 0 Å². The van der Waals surface area contributed by atoms with Crippen molar-refractivity contribution in [3.8, 4) is 5.75 Å². The van der Waals surface area contributed by atoms with E-state index in [1.54, 1.807) is 12.1 Å². The highest BCUT2D eigenvalue weighted by Gasteiger charge is 2.37. The molecule has 1 aromatic carbocycles. The molecular formula is C15H14O4. The van der Waals surface area contributed by atoms with E-state index in [-0.39, 0.29) is 23.4 Å². The summed E-state index contributed by atoms with van der Waals surface area (Å²) >= 11 is 0. The Kier molecular flexibility index (Phi) is 2.39. The summed E-state index contributed by atoms with van der Waals surface area (Å²) < 4.78 is 5.83. The SMILES string of the molecule is CC1(C)CCc2c(ccc3c2C(=O)C(=O)CC3=O)O1. The van der Waals surface area contributed by atoms with Gasteiger partial charge in [0, 0.05) is 16.7 Å². The third-order valence-electron chi connectivity index (χ3n) is 3.74. The number of fused-ring (bicyclic) bond motifs is 3. The van der Waals surface area contributed by atoms with Crippen molar-refractivity contribution in [3.63, 3.8) is 0 Å². The van der Waals surface area contributed by atoms with Crippen molar-refractivity contribution < 1.29 is 19.1 Å². The lowest BCUT2D eigenvalue weighted by molar-refractivity contribution is -0.114. The van der Waals surface area contributed by atoms with Gasteiger partial charge in [-0.05, 0) is 38.8 Å². The molecule has 0 atom stereocenters. The Morgan fingerprint density at radius 3 is 2.58 bits per heavy atom. The molecule has 3 rings (SSSR count).